The summed E-state index contributed by atoms with van der Waals surface area (Å²) in [4.78, 5) is 8.88. The second-order valence-corrected chi connectivity index (χ2v) is 6.38. The lowest BCUT2D eigenvalue weighted by atomic mass is 10.1. The molecule has 0 aliphatic heterocycles. The molecule has 3 aromatic heterocycles. The minimum atomic E-state index is -0.270. The first-order valence-corrected chi connectivity index (χ1v) is 8.85. The van der Waals surface area contributed by atoms with Crippen molar-refractivity contribution < 1.29 is 4.39 Å². The number of nitrogens with zero attached hydrogens (tertiary/aromatic N) is 4. The van der Waals surface area contributed by atoms with Crippen molar-refractivity contribution in [1.29, 1.82) is 0 Å². The topological polar surface area (TPSA) is 63.6 Å². The number of thiazole rings is 1. The van der Waals surface area contributed by atoms with Gasteiger partial charge in [-0.2, -0.15) is 0 Å². The summed E-state index contributed by atoms with van der Waals surface area (Å²) in [5.74, 6) is 0.386. The lowest BCUT2D eigenvalue weighted by Crippen LogP contribution is -2.03. The second-order valence-electron chi connectivity index (χ2n) is 5.52. The molecule has 0 saturated carbocycles. The summed E-state index contributed by atoms with van der Waals surface area (Å²) in [6.07, 6.45) is 1.76. The molecule has 0 aliphatic carbocycles. The van der Waals surface area contributed by atoms with E-state index in [1.165, 1.54) is 12.1 Å². The molecule has 0 atom stereocenters. The van der Waals surface area contributed by atoms with Crippen molar-refractivity contribution in [2.45, 2.75) is 6.54 Å². The molecule has 0 amide bonds. The van der Waals surface area contributed by atoms with Gasteiger partial charge in [0, 0.05) is 17.1 Å². The van der Waals surface area contributed by atoms with E-state index in [1.807, 2.05) is 35.7 Å². The summed E-state index contributed by atoms with van der Waals surface area (Å²) in [5, 5.41) is 14.4. The lowest BCUT2D eigenvalue weighted by molar-refractivity contribution is 0.628. The van der Waals surface area contributed by atoms with E-state index >= 15 is 0 Å². The van der Waals surface area contributed by atoms with Crippen molar-refractivity contribution in [3.63, 3.8) is 0 Å². The highest BCUT2D eigenvalue weighted by atomic mass is 32.1. The monoisotopic (exact) mass is 363 g/mol. The number of pyridine rings is 1. The number of nitrogens with one attached hydrogen (secondary N) is 1. The Labute approximate surface area is 153 Å². The van der Waals surface area contributed by atoms with Crippen molar-refractivity contribution in [1.82, 2.24) is 20.2 Å². The predicted octanol–water partition coefficient (Wildman–Crippen LogP) is 4.41. The van der Waals surface area contributed by atoms with Crippen LogP contribution in [-0.4, -0.2) is 20.2 Å². The Balaban J connectivity index is 1.41. The number of halogens is 1. The van der Waals surface area contributed by atoms with Crippen LogP contribution < -0.4 is 5.32 Å². The third-order valence-electron chi connectivity index (χ3n) is 3.69. The van der Waals surface area contributed by atoms with Gasteiger partial charge in [0.25, 0.3) is 0 Å². The van der Waals surface area contributed by atoms with Crippen molar-refractivity contribution in [3.8, 4) is 22.0 Å². The Morgan fingerprint density at radius 1 is 0.923 bits per heavy atom. The summed E-state index contributed by atoms with van der Waals surface area (Å²) in [6.45, 7) is 0.550. The summed E-state index contributed by atoms with van der Waals surface area (Å²) in [6, 6.07) is 15.6. The van der Waals surface area contributed by atoms with Gasteiger partial charge in [-0.15, -0.1) is 21.5 Å². The molecule has 1 N–H and O–H groups in total. The minimum Gasteiger partial charge on any atom is -0.363 e. The van der Waals surface area contributed by atoms with Gasteiger partial charge in [0.1, 0.15) is 16.6 Å². The summed E-state index contributed by atoms with van der Waals surface area (Å²) >= 11 is 1.56. The van der Waals surface area contributed by atoms with Gasteiger partial charge in [0.15, 0.2) is 0 Å². The average molecular weight is 363 g/mol. The summed E-state index contributed by atoms with van der Waals surface area (Å²) < 4.78 is 13.0. The van der Waals surface area contributed by atoms with E-state index in [2.05, 4.69) is 25.5 Å². The first-order valence-electron chi connectivity index (χ1n) is 7.97. The van der Waals surface area contributed by atoms with Crippen molar-refractivity contribution in [2.75, 3.05) is 5.32 Å². The normalized spacial score (nSPS) is 10.7. The van der Waals surface area contributed by atoms with Crippen LogP contribution in [0.15, 0.2) is 66.2 Å². The number of hydrogen-bond acceptors (Lipinski definition) is 6. The van der Waals surface area contributed by atoms with Crippen LogP contribution in [0.5, 0.6) is 0 Å². The molecule has 3 heterocycles. The van der Waals surface area contributed by atoms with Gasteiger partial charge < -0.3 is 5.32 Å². The molecule has 1 aromatic carbocycles. The fraction of sp³-hybridized carbons (Fsp3) is 0.0526. The maximum Gasteiger partial charge on any atom is 0.149 e. The van der Waals surface area contributed by atoms with Gasteiger partial charge in [0.05, 0.1) is 23.6 Å². The first-order chi connectivity index (χ1) is 12.8. The quantitative estimate of drug-likeness (QED) is 0.569. The second kappa shape index (κ2) is 7.37. The van der Waals surface area contributed by atoms with Crippen LogP contribution >= 0.6 is 11.3 Å². The molecular weight excluding hydrogens is 349 g/mol. The molecule has 0 aliphatic rings. The van der Waals surface area contributed by atoms with Crippen LogP contribution in [-0.2, 0) is 6.54 Å². The van der Waals surface area contributed by atoms with Gasteiger partial charge in [0.2, 0.25) is 0 Å². The Bertz CT molecular complexity index is 985. The number of benzene rings is 1. The van der Waals surface area contributed by atoms with Crippen LogP contribution in [0, 0.1) is 5.82 Å². The number of anilines is 1. The zero-order chi connectivity index (χ0) is 17.8. The van der Waals surface area contributed by atoms with E-state index in [9.17, 15) is 4.39 Å². The molecule has 0 bridgehead atoms. The largest absolute Gasteiger partial charge is 0.363 e. The Hall–Kier alpha value is -3.19. The van der Waals surface area contributed by atoms with Crippen molar-refractivity contribution in [2.24, 2.45) is 0 Å². The van der Waals surface area contributed by atoms with Crippen LogP contribution in [0.3, 0.4) is 0 Å². The van der Waals surface area contributed by atoms with E-state index in [0.29, 0.717) is 18.1 Å². The maximum atomic E-state index is 13.0. The smallest absolute Gasteiger partial charge is 0.149 e. The molecule has 26 heavy (non-hydrogen) atoms. The maximum absolute atomic E-state index is 13.0. The van der Waals surface area contributed by atoms with Gasteiger partial charge in [-0.3, -0.25) is 4.98 Å². The zero-order valence-electron chi connectivity index (χ0n) is 13.6. The predicted molar refractivity (Wildman–Crippen MR) is 100 cm³/mol. The molecule has 0 fully saturated rings. The fourth-order valence-electron chi connectivity index (χ4n) is 2.38. The van der Waals surface area contributed by atoms with E-state index in [4.69, 9.17) is 0 Å². The van der Waals surface area contributed by atoms with Gasteiger partial charge in [-0.25, -0.2) is 9.37 Å². The number of rotatable bonds is 5. The molecule has 0 saturated heterocycles. The third-order valence-corrected chi connectivity index (χ3v) is 4.60. The number of aromatic nitrogens is 4. The molecule has 4 rings (SSSR count). The van der Waals surface area contributed by atoms with Crippen molar-refractivity contribution >= 4 is 17.2 Å². The van der Waals surface area contributed by atoms with Crippen LogP contribution in [0.1, 0.15) is 5.69 Å². The van der Waals surface area contributed by atoms with Crippen LogP contribution in [0.4, 0.5) is 10.2 Å². The summed E-state index contributed by atoms with van der Waals surface area (Å²) in [7, 11) is 0. The molecule has 0 radical (unpaired) electrons. The van der Waals surface area contributed by atoms with Crippen molar-refractivity contribution in [3.05, 3.63) is 77.7 Å². The highest BCUT2D eigenvalue weighted by molar-refractivity contribution is 7.13. The minimum absolute atomic E-state index is 0.270. The molecule has 4 aromatic rings. The SMILES string of the molecule is Fc1ccc(-c2ccc(NCc3csc(-c4ccccn4)n3)nn2)cc1. The van der Waals surface area contributed by atoms with E-state index in [-0.39, 0.29) is 5.82 Å². The van der Waals surface area contributed by atoms with Gasteiger partial charge in [-0.05, 0) is 48.5 Å². The highest BCUT2D eigenvalue weighted by Crippen LogP contribution is 2.22. The fourth-order valence-corrected chi connectivity index (χ4v) is 3.17. The average Bonchev–Trinajstić information content (AvgIpc) is 3.17. The molecule has 0 unspecified atom stereocenters. The molecule has 128 valence electrons. The molecular formula is C19H14FN5S. The first kappa shape index (κ1) is 16.3. The van der Waals surface area contributed by atoms with E-state index in [0.717, 1.165) is 22.0 Å². The van der Waals surface area contributed by atoms with Gasteiger partial charge >= 0.3 is 0 Å². The Morgan fingerprint density at radius 2 is 1.81 bits per heavy atom. The zero-order valence-corrected chi connectivity index (χ0v) is 14.4. The highest BCUT2D eigenvalue weighted by Gasteiger charge is 2.06. The van der Waals surface area contributed by atoms with Crippen LogP contribution in [0.25, 0.3) is 22.0 Å². The Morgan fingerprint density at radius 3 is 2.54 bits per heavy atom. The number of hydrogen-bond donors (Lipinski definition) is 1. The van der Waals surface area contributed by atoms with Crippen LogP contribution in [0.2, 0.25) is 0 Å². The standard InChI is InChI=1S/C19H14FN5S/c20-14-6-4-13(5-7-14)16-8-9-18(25-24-16)22-11-15-12-26-19(23-15)17-3-1-2-10-21-17/h1-10,12H,11H2,(H,22,25). The molecule has 7 heteroatoms. The third kappa shape index (κ3) is 3.73. The molecule has 5 nitrogen and oxygen atoms in total. The van der Waals surface area contributed by atoms with Gasteiger partial charge in [-0.1, -0.05) is 6.07 Å². The van der Waals surface area contributed by atoms with E-state index in [1.54, 1.807) is 29.7 Å². The lowest BCUT2D eigenvalue weighted by Gasteiger charge is -2.04. The van der Waals surface area contributed by atoms with E-state index < -0.39 is 0 Å². The Kier molecular flexibility index (Phi) is 4.61. The summed E-state index contributed by atoms with van der Waals surface area (Å²) in [5.41, 5.74) is 3.30. The molecule has 0 spiro atoms.